The Balaban J connectivity index is 1.67. The Kier molecular flexibility index (Phi) is 3.84. The molecule has 2 atom stereocenters. The van der Waals surface area contributed by atoms with Gasteiger partial charge in [0.05, 0.1) is 5.02 Å². The first-order valence-corrected chi connectivity index (χ1v) is 6.95. The summed E-state index contributed by atoms with van der Waals surface area (Å²) >= 11 is 6.23. The second kappa shape index (κ2) is 5.76. The van der Waals surface area contributed by atoms with E-state index in [0.29, 0.717) is 10.9 Å². The van der Waals surface area contributed by atoms with E-state index in [4.69, 9.17) is 16.3 Å². The maximum absolute atomic E-state index is 6.23. The second-order valence-corrected chi connectivity index (χ2v) is 5.26. The van der Waals surface area contributed by atoms with E-state index in [-0.39, 0.29) is 6.10 Å². The van der Waals surface area contributed by atoms with Crippen molar-refractivity contribution in [2.24, 2.45) is 5.92 Å². The van der Waals surface area contributed by atoms with Crippen LogP contribution in [-0.2, 0) is 4.74 Å². The van der Waals surface area contributed by atoms with E-state index in [0.717, 1.165) is 36.8 Å². The topological polar surface area (TPSA) is 75.7 Å². The van der Waals surface area contributed by atoms with Crippen LogP contribution < -0.4 is 5.32 Å². The molecule has 2 aromatic heterocycles. The molecule has 1 fully saturated rings. The average Bonchev–Trinajstić information content (AvgIpc) is 3.10. The number of rotatable bonds is 4. The van der Waals surface area contributed by atoms with Gasteiger partial charge in [-0.05, 0) is 25.0 Å². The monoisotopic (exact) mass is 293 g/mol. The average molecular weight is 294 g/mol. The number of ether oxygens (including phenoxy) is 1. The third kappa shape index (κ3) is 2.62. The molecule has 0 bridgehead atoms. The van der Waals surface area contributed by atoms with E-state index in [1.807, 2.05) is 13.0 Å². The highest BCUT2D eigenvalue weighted by Gasteiger charge is 2.31. The van der Waals surface area contributed by atoms with Gasteiger partial charge in [-0.15, -0.1) is 0 Å². The van der Waals surface area contributed by atoms with Crippen molar-refractivity contribution in [2.45, 2.75) is 19.4 Å². The van der Waals surface area contributed by atoms with Gasteiger partial charge in [0.2, 0.25) is 0 Å². The number of nitrogens with zero attached hydrogens (tertiary/aromatic N) is 3. The molecular weight excluding hydrogens is 278 g/mol. The number of pyridine rings is 1. The predicted octanol–water partition coefficient (Wildman–Crippen LogP) is 2.35. The van der Waals surface area contributed by atoms with E-state index in [9.17, 15) is 0 Å². The number of hydrogen-bond acceptors (Lipinski definition) is 5. The van der Waals surface area contributed by atoms with E-state index in [2.05, 4.69) is 25.5 Å². The van der Waals surface area contributed by atoms with E-state index in [1.165, 1.54) is 6.33 Å². The number of anilines is 1. The third-order valence-electron chi connectivity index (χ3n) is 3.53. The summed E-state index contributed by atoms with van der Waals surface area (Å²) in [5.74, 6) is 1.81. The number of aromatic amines is 1. The molecule has 20 heavy (non-hydrogen) atoms. The minimum atomic E-state index is -0.0476. The van der Waals surface area contributed by atoms with Crippen LogP contribution in [0.15, 0.2) is 18.6 Å². The molecule has 1 saturated heterocycles. The Morgan fingerprint density at radius 1 is 1.50 bits per heavy atom. The minimum absolute atomic E-state index is 0.0476. The van der Waals surface area contributed by atoms with E-state index in [1.54, 1.807) is 6.20 Å². The molecule has 2 N–H and O–H groups in total. The lowest BCUT2D eigenvalue weighted by Gasteiger charge is -2.17. The summed E-state index contributed by atoms with van der Waals surface area (Å²) in [7, 11) is 0. The Morgan fingerprint density at radius 3 is 3.20 bits per heavy atom. The normalized spacial score (nSPS) is 22.1. The highest BCUT2D eigenvalue weighted by molar-refractivity contribution is 6.33. The molecule has 0 unspecified atom stereocenters. The lowest BCUT2D eigenvalue weighted by atomic mass is 10.0. The number of hydrogen-bond donors (Lipinski definition) is 2. The molecule has 0 spiro atoms. The van der Waals surface area contributed by atoms with Gasteiger partial charge < -0.3 is 10.1 Å². The van der Waals surface area contributed by atoms with Crippen LogP contribution in [0.25, 0.3) is 0 Å². The summed E-state index contributed by atoms with van der Waals surface area (Å²) in [5.41, 5.74) is 1.01. The third-order valence-corrected chi connectivity index (χ3v) is 4.01. The fourth-order valence-electron chi connectivity index (χ4n) is 2.39. The highest BCUT2D eigenvalue weighted by Crippen LogP contribution is 2.33. The molecule has 0 aliphatic carbocycles. The van der Waals surface area contributed by atoms with Gasteiger partial charge in [0, 0.05) is 25.3 Å². The molecule has 0 radical (unpaired) electrons. The van der Waals surface area contributed by atoms with Gasteiger partial charge in [-0.3, -0.25) is 5.10 Å². The van der Waals surface area contributed by atoms with Crippen molar-refractivity contribution in [3.8, 4) is 0 Å². The molecule has 3 heterocycles. The van der Waals surface area contributed by atoms with Crippen LogP contribution in [0.5, 0.6) is 0 Å². The maximum Gasteiger partial charge on any atom is 0.153 e. The van der Waals surface area contributed by atoms with Crippen LogP contribution in [-0.4, -0.2) is 33.3 Å². The van der Waals surface area contributed by atoms with E-state index < -0.39 is 0 Å². The molecule has 0 saturated carbocycles. The van der Waals surface area contributed by atoms with Crippen LogP contribution in [0.1, 0.15) is 23.9 Å². The molecule has 6 nitrogen and oxygen atoms in total. The minimum Gasteiger partial charge on any atom is -0.370 e. The van der Waals surface area contributed by atoms with Crippen LogP contribution in [0.2, 0.25) is 5.02 Å². The van der Waals surface area contributed by atoms with Crippen molar-refractivity contribution in [1.29, 1.82) is 0 Å². The fraction of sp³-hybridized carbons (Fsp3) is 0.462. The molecule has 2 aromatic rings. The zero-order valence-corrected chi connectivity index (χ0v) is 11.9. The smallest absolute Gasteiger partial charge is 0.153 e. The summed E-state index contributed by atoms with van der Waals surface area (Å²) in [5, 5.41) is 10.7. The summed E-state index contributed by atoms with van der Waals surface area (Å²) in [6.45, 7) is 3.43. The van der Waals surface area contributed by atoms with Crippen molar-refractivity contribution < 1.29 is 4.74 Å². The summed E-state index contributed by atoms with van der Waals surface area (Å²) < 4.78 is 5.73. The zero-order valence-electron chi connectivity index (χ0n) is 11.1. The van der Waals surface area contributed by atoms with Crippen molar-refractivity contribution in [2.75, 3.05) is 18.5 Å². The fourth-order valence-corrected chi connectivity index (χ4v) is 2.57. The van der Waals surface area contributed by atoms with Crippen LogP contribution in [0.4, 0.5) is 5.82 Å². The van der Waals surface area contributed by atoms with Crippen LogP contribution in [0, 0.1) is 12.8 Å². The van der Waals surface area contributed by atoms with Crippen molar-refractivity contribution in [3.05, 3.63) is 35.0 Å². The van der Waals surface area contributed by atoms with Gasteiger partial charge in [0.15, 0.2) is 5.82 Å². The lowest BCUT2D eigenvalue weighted by Crippen LogP contribution is -2.19. The molecule has 0 aromatic carbocycles. The van der Waals surface area contributed by atoms with E-state index >= 15 is 0 Å². The van der Waals surface area contributed by atoms with Crippen molar-refractivity contribution in [3.63, 3.8) is 0 Å². The van der Waals surface area contributed by atoms with Gasteiger partial charge >= 0.3 is 0 Å². The first-order chi connectivity index (χ1) is 9.75. The number of nitrogens with one attached hydrogen (secondary N) is 2. The summed E-state index contributed by atoms with van der Waals surface area (Å²) in [6.07, 6.45) is 4.18. The largest absolute Gasteiger partial charge is 0.370 e. The Hall–Kier alpha value is -1.66. The summed E-state index contributed by atoms with van der Waals surface area (Å²) in [4.78, 5) is 8.44. The van der Waals surface area contributed by atoms with Gasteiger partial charge in [-0.1, -0.05) is 11.6 Å². The number of H-pyrrole nitrogens is 1. The summed E-state index contributed by atoms with van der Waals surface area (Å²) in [6, 6.07) is 1.89. The van der Waals surface area contributed by atoms with Crippen molar-refractivity contribution in [1.82, 2.24) is 20.2 Å². The first kappa shape index (κ1) is 13.3. The van der Waals surface area contributed by atoms with Gasteiger partial charge in [-0.25, -0.2) is 9.97 Å². The second-order valence-electron chi connectivity index (χ2n) is 4.88. The molecule has 106 valence electrons. The van der Waals surface area contributed by atoms with Crippen LogP contribution >= 0.6 is 11.6 Å². The van der Waals surface area contributed by atoms with Gasteiger partial charge in [0.25, 0.3) is 0 Å². The SMILES string of the molecule is Cc1ccnc(NC[C@@H]2CCO[C@@H]2c2ncn[nH]2)c1Cl. The van der Waals surface area contributed by atoms with Crippen LogP contribution in [0.3, 0.4) is 0 Å². The van der Waals surface area contributed by atoms with Crippen molar-refractivity contribution >= 4 is 17.4 Å². The predicted molar refractivity (Wildman–Crippen MR) is 75.7 cm³/mol. The molecule has 7 heteroatoms. The molecule has 1 aliphatic heterocycles. The number of halogens is 1. The zero-order chi connectivity index (χ0) is 13.9. The highest BCUT2D eigenvalue weighted by atomic mass is 35.5. The standard InChI is InChI=1S/C13H16ClN5O/c1-8-2-4-15-12(10(8)14)16-6-9-3-5-20-11(9)13-17-7-18-19-13/h2,4,7,9,11H,3,5-6H2,1H3,(H,15,16)(H,17,18,19)/t9-,11-/m0/s1. The van der Waals surface area contributed by atoms with Gasteiger partial charge in [0.1, 0.15) is 18.2 Å². The first-order valence-electron chi connectivity index (χ1n) is 6.57. The van der Waals surface area contributed by atoms with Gasteiger partial charge in [-0.2, -0.15) is 5.10 Å². The molecular formula is C13H16ClN5O. The number of aryl methyl sites for hydroxylation is 1. The maximum atomic E-state index is 6.23. The Morgan fingerprint density at radius 2 is 2.40 bits per heavy atom. The molecule has 0 amide bonds. The Labute approximate surface area is 121 Å². The quantitative estimate of drug-likeness (QED) is 0.905. The lowest BCUT2D eigenvalue weighted by molar-refractivity contribution is 0.0864. The molecule has 3 rings (SSSR count). The Bertz CT molecular complexity index is 574. The number of aromatic nitrogens is 4. The molecule has 1 aliphatic rings.